The van der Waals surface area contributed by atoms with E-state index in [4.69, 9.17) is 37.0 Å². The van der Waals surface area contributed by atoms with E-state index in [2.05, 4.69) is 34.6 Å². The third-order valence-corrected chi connectivity index (χ3v) is 16.7. The summed E-state index contributed by atoms with van der Waals surface area (Å²) in [5, 5.41) is 10.5. The summed E-state index contributed by atoms with van der Waals surface area (Å²) in [5.74, 6) is -1.39. The first kappa shape index (κ1) is 81.1. The van der Waals surface area contributed by atoms with Gasteiger partial charge in [-0.1, -0.05) is 272 Å². The molecule has 0 saturated heterocycles. The van der Waals surface area contributed by atoms with Crippen LogP contribution in [0.2, 0.25) is 0 Å². The summed E-state index contributed by atoms with van der Waals surface area (Å²) >= 11 is 0. The molecule has 0 aromatic carbocycles. The Morgan fingerprint density at radius 1 is 0.325 bits per heavy atom. The maximum Gasteiger partial charge on any atom is 0.472 e. The maximum absolute atomic E-state index is 13.0. The minimum Gasteiger partial charge on any atom is -0.462 e. The highest BCUT2D eigenvalue weighted by Crippen LogP contribution is 2.45. The number of carbonyl (C=O) groups excluding carboxylic acids is 4. The Labute approximate surface area is 505 Å². The zero-order valence-electron chi connectivity index (χ0n) is 53.3. The van der Waals surface area contributed by atoms with Crippen LogP contribution in [-0.2, 0) is 65.4 Å². The van der Waals surface area contributed by atoms with E-state index < -0.39 is 97.5 Å². The quantitative estimate of drug-likeness (QED) is 0.0222. The number of hydrogen-bond acceptors (Lipinski definition) is 15. The maximum atomic E-state index is 13.0. The molecule has 0 radical (unpaired) electrons. The van der Waals surface area contributed by atoms with Crippen molar-refractivity contribution >= 4 is 39.5 Å². The highest BCUT2D eigenvalue weighted by Gasteiger charge is 2.30. The van der Waals surface area contributed by atoms with Crippen LogP contribution in [0.15, 0.2) is 0 Å². The van der Waals surface area contributed by atoms with Gasteiger partial charge in [-0.3, -0.25) is 37.3 Å². The molecule has 0 aromatic heterocycles. The van der Waals surface area contributed by atoms with E-state index in [0.29, 0.717) is 25.7 Å². The molecular formula is C64H124O17P2. The predicted octanol–water partition coefficient (Wildman–Crippen LogP) is 17.8. The van der Waals surface area contributed by atoms with Gasteiger partial charge in [-0.2, -0.15) is 0 Å². The number of ether oxygens (including phenoxy) is 4. The number of esters is 4. The van der Waals surface area contributed by atoms with Crippen LogP contribution < -0.4 is 0 Å². The number of rotatable bonds is 64. The lowest BCUT2D eigenvalue weighted by molar-refractivity contribution is -0.161. The fraction of sp³-hybridized carbons (Fsp3) is 0.938. The number of carbonyl (C=O) groups is 4. The highest BCUT2D eigenvalue weighted by atomic mass is 31.2. The van der Waals surface area contributed by atoms with Crippen molar-refractivity contribution in [2.45, 2.75) is 342 Å². The van der Waals surface area contributed by atoms with Crippen LogP contribution >= 0.6 is 15.6 Å². The molecule has 0 aliphatic rings. The second-order valence-electron chi connectivity index (χ2n) is 23.6. The van der Waals surface area contributed by atoms with E-state index in [9.17, 15) is 43.2 Å². The van der Waals surface area contributed by atoms with Gasteiger partial charge in [0.1, 0.15) is 19.3 Å². The van der Waals surface area contributed by atoms with Crippen molar-refractivity contribution in [3.05, 3.63) is 0 Å². The predicted molar refractivity (Wildman–Crippen MR) is 331 cm³/mol. The zero-order valence-corrected chi connectivity index (χ0v) is 55.1. The van der Waals surface area contributed by atoms with Gasteiger partial charge in [-0.25, -0.2) is 9.13 Å². The van der Waals surface area contributed by atoms with E-state index >= 15 is 0 Å². The van der Waals surface area contributed by atoms with Gasteiger partial charge in [0.25, 0.3) is 0 Å². The Hall–Kier alpha value is -1.94. The van der Waals surface area contributed by atoms with Crippen LogP contribution in [0.4, 0.5) is 0 Å². The number of phosphoric ester groups is 2. The van der Waals surface area contributed by atoms with Crippen LogP contribution in [0, 0.1) is 5.92 Å². The fourth-order valence-corrected chi connectivity index (χ4v) is 11.2. The topological polar surface area (TPSA) is 237 Å². The highest BCUT2D eigenvalue weighted by molar-refractivity contribution is 7.47. The molecule has 0 saturated carbocycles. The van der Waals surface area contributed by atoms with Crippen molar-refractivity contribution in [3.8, 4) is 0 Å². The van der Waals surface area contributed by atoms with Gasteiger partial charge in [0, 0.05) is 25.7 Å². The molecule has 17 nitrogen and oxygen atoms in total. The summed E-state index contributed by atoms with van der Waals surface area (Å²) in [6, 6.07) is 0. The van der Waals surface area contributed by atoms with Crippen molar-refractivity contribution < 1.29 is 80.2 Å². The van der Waals surface area contributed by atoms with Gasteiger partial charge >= 0.3 is 39.5 Å². The lowest BCUT2D eigenvalue weighted by Crippen LogP contribution is -2.30. The Balaban J connectivity index is 5.22. The largest absolute Gasteiger partial charge is 0.472 e. The molecule has 0 rings (SSSR count). The summed E-state index contributed by atoms with van der Waals surface area (Å²) in [6.45, 7) is 7.14. The lowest BCUT2D eigenvalue weighted by atomic mass is 10.0. The van der Waals surface area contributed by atoms with Crippen molar-refractivity contribution in [2.24, 2.45) is 5.92 Å². The molecule has 19 heteroatoms. The summed E-state index contributed by atoms with van der Waals surface area (Å²) in [7, 11) is -9.88. The minimum absolute atomic E-state index is 0.107. The number of aliphatic hydroxyl groups is 1. The molecule has 0 amide bonds. The van der Waals surface area contributed by atoms with Crippen LogP contribution in [0.25, 0.3) is 0 Å². The van der Waals surface area contributed by atoms with Gasteiger partial charge in [-0.15, -0.1) is 0 Å². The Bertz CT molecular complexity index is 1620. The second-order valence-corrected chi connectivity index (χ2v) is 26.5. The first-order valence-corrected chi connectivity index (χ1v) is 36.6. The molecule has 0 fully saturated rings. The van der Waals surface area contributed by atoms with E-state index in [1.54, 1.807) is 0 Å². The average Bonchev–Trinajstić information content (AvgIpc) is 3.46. The molecule has 5 atom stereocenters. The van der Waals surface area contributed by atoms with Crippen molar-refractivity contribution in [1.82, 2.24) is 0 Å². The molecule has 2 unspecified atom stereocenters. The number of unbranched alkanes of at least 4 members (excludes halogenated alkanes) is 36. The van der Waals surface area contributed by atoms with Crippen LogP contribution in [0.5, 0.6) is 0 Å². The molecule has 3 N–H and O–H groups in total. The van der Waals surface area contributed by atoms with Crippen LogP contribution in [0.1, 0.15) is 324 Å². The Kier molecular flexibility index (Phi) is 56.4. The summed E-state index contributed by atoms with van der Waals surface area (Å²) < 4.78 is 67.9. The molecular weight excluding hydrogens is 1100 g/mol. The first-order chi connectivity index (χ1) is 40.0. The van der Waals surface area contributed by atoms with Crippen LogP contribution in [-0.4, -0.2) is 96.7 Å². The molecule has 0 aliphatic carbocycles. The molecule has 0 spiro atoms. The zero-order chi connectivity index (χ0) is 61.3. The average molecular weight is 1230 g/mol. The van der Waals surface area contributed by atoms with E-state index in [1.807, 2.05) is 0 Å². The number of aliphatic hydroxyl groups excluding tert-OH is 1. The smallest absolute Gasteiger partial charge is 0.462 e. The third-order valence-electron chi connectivity index (χ3n) is 14.8. The van der Waals surface area contributed by atoms with Gasteiger partial charge < -0.3 is 33.8 Å². The number of phosphoric acid groups is 2. The lowest BCUT2D eigenvalue weighted by Gasteiger charge is -2.21. The van der Waals surface area contributed by atoms with Crippen LogP contribution in [0.3, 0.4) is 0 Å². The van der Waals surface area contributed by atoms with Gasteiger partial charge in [0.15, 0.2) is 12.2 Å². The van der Waals surface area contributed by atoms with Gasteiger partial charge in [0.2, 0.25) is 0 Å². The second kappa shape index (κ2) is 57.8. The van der Waals surface area contributed by atoms with Gasteiger partial charge in [0.05, 0.1) is 26.4 Å². The Morgan fingerprint density at radius 2 is 0.554 bits per heavy atom. The molecule has 0 heterocycles. The monoisotopic (exact) mass is 1230 g/mol. The summed E-state index contributed by atoms with van der Waals surface area (Å²) in [6.07, 6.45) is 41.7. The molecule has 83 heavy (non-hydrogen) atoms. The molecule has 0 aliphatic heterocycles. The van der Waals surface area contributed by atoms with E-state index in [-0.39, 0.29) is 25.7 Å². The van der Waals surface area contributed by atoms with Crippen molar-refractivity contribution in [2.75, 3.05) is 39.6 Å². The fourth-order valence-electron chi connectivity index (χ4n) is 9.58. The van der Waals surface area contributed by atoms with E-state index in [1.165, 1.54) is 135 Å². The summed E-state index contributed by atoms with van der Waals surface area (Å²) in [5.41, 5.74) is 0. The minimum atomic E-state index is -4.94. The standard InChI is InChI=1S/C64H124O17P2/c1-6-9-12-15-18-20-22-23-25-29-35-40-45-50-64(69)81-60(54-75-62(67)48-43-38-33-30-26-27-32-36-41-46-57(4)5)56-79-83(72,73)77-52-58(65)51-76-82(70,71)78-55-59(53-74-61(66)47-42-37-31-17-14-11-8-3)80-63(68)49-44-39-34-28-24-21-19-16-13-10-7-2/h57-60,65H,6-56H2,1-5H3,(H,70,71)(H,72,73)/t58-,59+,60+/m0/s1. The molecule has 0 bridgehead atoms. The first-order valence-electron chi connectivity index (χ1n) is 33.6. The third kappa shape index (κ3) is 58.8. The SMILES string of the molecule is CCCCCCCCCCCCCCCC(=O)O[C@H](COC(=O)CCCCCCCCCCCC(C)C)COP(=O)(O)OC[C@@H](O)COP(=O)(O)OC[C@@H](COC(=O)CCCCCCCCC)OC(=O)CCCCCCCCCCCCC. The van der Waals surface area contributed by atoms with Crippen molar-refractivity contribution in [3.63, 3.8) is 0 Å². The van der Waals surface area contributed by atoms with Gasteiger partial charge in [-0.05, 0) is 31.6 Å². The Morgan fingerprint density at radius 3 is 0.819 bits per heavy atom. The summed E-state index contributed by atoms with van der Waals surface area (Å²) in [4.78, 5) is 72.1. The molecule has 492 valence electrons. The van der Waals surface area contributed by atoms with E-state index in [0.717, 1.165) is 109 Å². The normalized spacial score (nSPS) is 14.2. The molecule has 0 aromatic rings. The van der Waals surface area contributed by atoms with Crippen molar-refractivity contribution in [1.29, 1.82) is 0 Å². The number of hydrogen-bond donors (Lipinski definition) is 3.